The zero-order valence-corrected chi connectivity index (χ0v) is 18.0. The molecule has 1 aliphatic heterocycles. The minimum Gasteiger partial charge on any atom is -0.677 e. The zero-order valence-electron chi connectivity index (χ0n) is 13.6. The molecule has 137 valence electrons. The molecule has 1 radical (unpaired) electrons. The van der Waals surface area contributed by atoms with Crippen LogP contribution in [0.2, 0.25) is 0 Å². The number of carbonyl (C=O) groups excluding carboxylic acids is 2. The minimum atomic E-state index is -0.796. The third-order valence-electron chi connectivity index (χ3n) is 2.81. The number of amides is 2. The Hall–Kier alpha value is -0.0961. The van der Waals surface area contributed by atoms with Crippen molar-refractivity contribution in [3.8, 4) is 0 Å². The van der Waals surface area contributed by atoms with Gasteiger partial charge in [0.2, 0.25) is 5.91 Å². The topological polar surface area (TPSA) is 137 Å². The van der Waals surface area contributed by atoms with E-state index in [4.69, 9.17) is 11.5 Å². The van der Waals surface area contributed by atoms with Crippen LogP contribution in [0, 0.1) is 10.1 Å². The first kappa shape index (κ1) is 26.1. The van der Waals surface area contributed by atoms with Crippen LogP contribution in [0.5, 0.6) is 0 Å². The standard InChI is InChI=1S/C8H14N2O2.C4H9N2O3S2.Y/c1-2-6(8(9)12)10-5-3-4-7(10)11;5-1-3-10-11-4-2-9-6(7)8;/h6H,2-5H2,1H3,(H2,9,12);5H,1-4H2;/q;-1;/p-1/t6-;;/m0../s1. The maximum atomic E-state index is 11.2. The number of likely N-dealkylation sites (tertiary alicyclic amines) is 1. The number of hydrogen-bond donors (Lipinski definition) is 0. The normalized spacial score (nSPS) is 14.2. The third kappa shape index (κ3) is 12.3. The summed E-state index contributed by atoms with van der Waals surface area (Å²) in [7, 11) is 3.02. The molecule has 24 heavy (non-hydrogen) atoms. The molecule has 2 amide bonds. The second-order valence-electron chi connectivity index (χ2n) is 4.43. The smallest absolute Gasteiger partial charge is 0.294 e. The van der Waals surface area contributed by atoms with E-state index in [-0.39, 0.29) is 45.2 Å². The van der Waals surface area contributed by atoms with Crippen molar-refractivity contribution in [1.29, 1.82) is 0 Å². The van der Waals surface area contributed by atoms with Crippen LogP contribution in [0.25, 0.3) is 11.5 Å². The second kappa shape index (κ2) is 16.4. The third-order valence-corrected chi connectivity index (χ3v) is 5.18. The molecule has 1 saturated heterocycles. The van der Waals surface area contributed by atoms with Crippen LogP contribution in [0.1, 0.15) is 26.2 Å². The molecule has 1 aliphatic rings. The van der Waals surface area contributed by atoms with Crippen LogP contribution >= 0.6 is 21.6 Å². The Labute approximate surface area is 174 Å². The predicted molar refractivity (Wildman–Crippen MR) is 91.4 cm³/mol. The van der Waals surface area contributed by atoms with Crippen molar-refractivity contribution in [2.24, 2.45) is 0 Å². The average Bonchev–Trinajstić information content (AvgIpc) is 2.90. The monoisotopic (exact) mass is 455 g/mol. The molecule has 0 aliphatic carbocycles. The first-order valence-electron chi connectivity index (χ1n) is 7.15. The van der Waals surface area contributed by atoms with Crippen molar-refractivity contribution in [1.82, 2.24) is 4.90 Å². The summed E-state index contributed by atoms with van der Waals surface area (Å²) in [5.74, 6) is 0.713. The van der Waals surface area contributed by atoms with Crippen LogP contribution in [-0.2, 0) is 47.1 Å². The van der Waals surface area contributed by atoms with Gasteiger partial charge in [0, 0.05) is 51.4 Å². The van der Waals surface area contributed by atoms with Gasteiger partial charge in [-0.3, -0.25) is 4.79 Å². The van der Waals surface area contributed by atoms with E-state index in [9.17, 15) is 19.7 Å². The van der Waals surface area contributed by atoms with Gasteiger partial charge in [0.15, 0.2) is 0 Å². The molecule has 0 aromatic rings. The van der Waals surface area contributed by atoms with Gasteiger partial charge in [-0.1, -0.05) is 28.5 Å². The van der Waals surface area contributed by atoms with E-state index >= 15 is 0 Å². The fraction of sp³-hybridized carbons (Fsp3) is 0.833. The van der Waals surface area contributed by atoms with E-state index in [0.29, 0.717) is 31.7 Å². The van der Waals surface area contributed by atoms with Crippen LogP contribution in [0.15, 0.2) is 0 Å². The summed E-state index contributed by atoms with van der Waals surface area (Å²) in [5, 5.41) is 8.83. The first-order valence-corrected chi connectivity index (χ1v) is 9.64. The van der Waals surface area contributed by atoms with Crippen molar-refractivity contribution in [3.05, 3.63) is 21.6 Å². The first-order chi connectivity index (χ1) is 10.9. The van der Waals surface area contributed by atoms with Gasteiger partial charge >= 0.3 is 0 Å². The Morgan fingerprint density at radius 1 is 1.46 bits per heavy atom. The number of carbonyl (C=O) groups is 2. The van der Waals surface area contributed by atoms with E-state index in [2.05, 4.69) is 4.84 Å². The largest absolute Gasteiger partial charge is 0.677 e. The summed E-state index contributed by atoms with van der Waals surface area (Å²) in [6.45, 7) is 2.97. The van der Waals surface area contributed by atoms with Gasteiger partial charge in [0.05, 0.1) is 11.9 Å². The molecule has 0 aromatic carbocycles. The fourth-order valence-electron chi connectivity index (χ4n) is 1.85. The molecule has 0 spiro atoms. The van der Waals surface area contributed by atoms with Crippen LogP contribution in [0.4, 0.5) is 0 Å². The Bertz CT molecular complexity index is 392. The number of hydrogen-bond acceptors (Lipinski definition) is 7. The van der Waals surface area contributed by atoms with Crippen molar-refractivity contribution in [2.45, 2.75) is 32.2 Å². The molecule has 1 rings (SSSR count). The molecular formula is C12H22N4O5S2Y-2. The van der Waals surface area contributed by atoms with E-state index in [0.717, 1.165) is 12.2 Å². The van der Waals surface area contributed by atoms with E-state index in [1.807, 2.05) is 6.92 Å². The molecule has 1 heterocycles. The molecule has 12 heteroatoms. The van der Waals surface area contributed by atoms with Crippen LogP contribution in [0.3, 0.4) is 0 Å². The minimum absolute atomic E-state index is 0. The average molecular weight is 455 g/mol. The second-order valence-corrected chi connectivity index (χ2v) is 7.13. The van der Waals surface area contributed by atoms with Crippen LogP contribution in [-0.4, -0.2) is 59.0 Å². The van der Waals surface area contributed by atoms with Gasteiger partial charge in [0.25, 0.3) is 5.09 Å². The summed E-state index contributed by atoms with van der Waals surface area (Å²) < 4.78 is 0. The Kier molecular flexibility index (Phi) is 17.8. The van der Waals surface area contributed by atoms with E-state index < -0.39 is 17.0 Å². The Morgan fingerprint density at radius 2 is 2.08 bits per heavy atom. The quantitative estimate of drug-likeness (QED) is 0.214. The molecule has 0 unspecified atom stereocenters. The van der Waals surface area contributed by atoms with Crippen molar-refractivity contribution < 1.29 is 52.2 Å². The molecule has 9 nitrogen and oxygen atoms in total. The zero-order chi connectivity index (χ0) is 17.7. The van der Waals surface area contributed by atoms with Crippen molar-refractivity contribution in [3.63, 3.8) is 0 Å². The Balaban J connectivity index is 0. The van der Waals surface area contributed by atoms with Gasteiger partial charge in [-0.15, -0.1) is 16.7 Å². The predicted octanol–water partition coefficient (Wildman–Crippen LogP) is 2.59. The van der Waals surface area contributed by atoms with Gasteiger partial charge in [-0.2, -0.15) is 0 Å². The molecule has 0 aromatic heterocycles. The molecule has 0 bridgehead atoms. The molecule has 2 N–H and O–H groups in total. The van der Waals surface area contributed by atoms with Gasteiger partial charge in [-0.25, -0.2) is 0 Å². The van der Waals surface area contributed by atoms with Crippen molar-refractivity contribution >= 4 is 33.4 Å². The summed E-state index contributed by atoms with van der Waals surface area (Å²) in [6, 6.07) is -0.500. The van der Waals surface area contributed by atoms with Gasteiger partial charge < -0.3 is 26.0 Å². The summed E-state index contributed by atoms with van der Waals surface area (Å²) in [4.78, 5) is 37.2. The maximum Gasteiger partial charge on any atom is 0.294 e. The SMILES string of the molecule is CC[C@@H](C([NH-])=O)N1CCCC1=O.[NH-]CCSSCCO[N+](=O)[O-].[Y]. The summed E-state index contributed by atoms with van der Waals surface area (Å²) >= 11 is 0. The van der Waals surface area contributed by atoms with Gasteiger partial charge in [-0.05, 0) is 18.6 Å². The number of nitrogens with one attached hydrogen (secondary N) is 2. The summed E-state index contributed by atoms with van der Waals surface area (Å²) in [5.41, 5.74) is 13.7. The molecular weight excluding hydrogens is 433 g/mol. The molecule has 1 fully saturated rings. The Morgan fingerprint density at radius 3 is 2.50 bits per heavy atom. The number of rotatable bonds is 10. The number of nitrogens with zero attached hydrogens (tertiary/aromatic N) is 2. The summed E-state index contributed by atoms with van der Waals surface area (Å²) in [6.07, 6.45) is 1.90. The van der Waals surface area contributed by atoms with Gasteiger partial charge in [0.1, 0.15) is 6.61 Å². The molecule has 1 atom stereocenters. The maximum absolute atomic E-state index is 11.2. The molecule has 0 saturated carbocycles. The van der Waals surface area contributed by atoms with E-state index in [1.54, 1.807) is 0 Å². The van der Waals surface area contributed by atoms with E-state index in [1.165, 1.54) is 26.5 Å². The van der Waals surface area contributed by atoms with Crippen molar-refractivity contribution in [2.75, 3.05) is 31.2 Å². The fourth-order valence-corrected chi connectivity index (χ4v) is 3.47. The van der Waals surface area contributed by atoms with Crippen LogP contribution < -0.4 is 0 Å².